The number of nitrogens with one attached hydrogen (secondary N) is 1. The summed E-state index contributed by atoms with van der Waals surface area (Å²) in [6.45, 7) is 0. The van der Waals surface area contributed by atoms with Crippen LogP contribution in [0, 0.1) is 0 Å². The van der Waals surface area contributed by atoms with Gasteiger partial charge in [0.15, 0.2) is 0 Å². The van der Waals surface area contributed by atoms with Crippen LogP contribution in [0.4, 0.5) is 0 Å². The number of benzene rings is 1. The first-order valence-corrected chi connectivity index (χ1v) is 6.68. The van der Waals surface area contributed by atoms with E-state index in [9.17, 15) is 19.2 Å². The van der Waals surface area contributed by atoms with Crippen molar-refractivity contribution < 1.29 is 19.5 Å². The molecule has 8 nitrogen and oxygen atoms in total. The van der Waals surface area contributed by atoms with Crippen molar-refractivity contribution in [2.45, 2.75) is 18.9 Å². The average molecular weight is 303 g/mol. The number of imidazole rings is 1. The minimum atomic E-state index is -1.09. The number of carbonyl (C=O) groups is 3. The van der Waals surface area contributed by atoms with E-state index in [0.29, 0.717) is 11.0 Å². The zero-order chi connectivity index (χ0) is 16.0. The molecule has 2 N–H and O–H groups in total. The number of piperidine rings is 1. The van der Waals surface area contributed by atoms with Crippen molar-refractivity contribution in [1.82, 2.24) is 14.5 Å². The van der Waals surface area contributed by atoms with E-state index in [-0.39, 0.29) is 24.3 Å². The molecule has 2 aromatic rings. The number of carbonyl (C=O) groups excluding carboxylic acids is 2. The number of aromatic carboxylic acids is 1. The van der Waals surface area contributed by atoms with Gasteiger partial charge in [0.25, 0.3) is 0 Å². The monoisotopic (exact) mass is 303 g/mol. The highest BCUT2D eigenvalue weighted by Gasteiger charge is 2.31. The van der Waals surface area contributed by atoms with Crippen molar-refractivity contribution in [2.24, 2.45) is 7.05 Å². The molecule has 2 heterocycles. The first-order valence-electron chi connectivity index (χ1n) is 6.68. The van der Waals surface area contributed by atoms with E-state index < -0.39 is 23.6 Å². The second kappa shape index (κ2) is 4.83. The van der Waals surface area contributed by atoms with Gasteiger partial charge in [-0.3, -0.25) is 24.0 Å². The molecule has 1 aromatic carbocycles. The molecule has 1 atom stereocenters. The third-order valence-corrected chi connectivity index (χ3v) is 3.86. The Hall–Kier alpha value is -2.90. The number of hydrogen-bond donors (Lipinski definition) is 2. The van der Waals surface area contributed by atoms with Gasteiger partial charge in [-0.25, -0.2) is 9.59 Å². The van der Waals surface area contributed by atoms with E-state index in [4.69, 9.17) is 5.11 Å². The predicted molar refractivity (Wildman–Crippen MR) is 75.6 cm³/mol. The van der Waals surface area contributed by atoms with Crippen molar-refractivity contribution >= 4 is 28.8 Å². The van der Waals surface area contributed by atoms with Crippen LogP contribution in [0.25, 0.3) is 11.0 Å². The molecule has 0 radical (unpaired) electrons. The Kier molecular flexibility index (Phi) is 3.09. The maximum Gasteiger partial charge on any atom is 0.335 e. The maximum atomic E-state index is 12.4. The highest BCUT2D eigenvalue weighted by Crippen LogP contribution is 2.23. The lowest BCUT2D eigenvalue weighted by Crippen LogP contribution is -2.44. The first-order chi connectivity index (χ1) is 10.4. The van der Waals surface area contributed by atoms with Gasteiger partial charge in [0.2, 0.25) is 11.8 Å². The smallest absolute Gasteiger partial charge is 0.335 e. The van der Waals surface area contributed by atoms with Crippen molar-refractivity contribution in [1.29, 1.82) is 0 Å². The van der Waals surface area contributed by atoms with Gasteiger partial charge in [-0.1, -0.05) is 0 Å². The highest BCUT2D eigenvalue weighted by molar-refractivity contribution is 6.00. The number of rotatable bonds is 2. The minimum absolute atomic E-state index is 0.0588. The van der Waals surface area contributed by atoms with Crippen molar-refractivity contribution in [3.05, 3.63) is 34.2 Å². The van der Waals surface area contributed by atoms with Crippen LogP contribution in [0.1, 0.15) is 29.2 Å². The molecular formula is C14H13N3O5. The Morgan fingerprint density at radius 1 is 1.27 bits per heavy atom. The summed E-state index contributed by atoms with van der Waals surface area (Å²) in [6.07, 6.45) is 0.400. The Morgan fingerprint density at radius 2 is 2.00 bits per heavy atom. The van der Waals surface area contributed by atoms with E-state index in [1.54, 1.807) is 0 Å². The van der Waals surface area contributed by atoms with Crippen LogP contribution in [-0.4, -0.2) is 32.0 Å². The van der Waals surface area contributed by atoms with Gasteiger partial charge >= 0.3 is 11.7 Å². The Labute approximate surface area is 124 Å². The normalized spacial score (nSPS) is 18.5. The Bertz CT molecular complexity index is 876. The second-order valence-corrected chi connectivity index (χ2v) is 5.19. The number of hydrogen-bond acceptors (Lipinski definition) is 4. The van der Waals surface area contributed by atoms with E-state index in [1.807, 2.05) is 0 Å². The van der Waals surface area contributed by atoms with Crippen LogP contribution in [0.2, 0.25) is 0 Å². The van der Waals surface area contributed by atoms with Gasteiger partial charge < -0.3 is 5.11 Å². The zero-order valence-corrected chi connectivity index (χ0v) is 11.7. The van der Waals surface area contributed by atoms with E-state index in [1.165, 1.54) is 34.4 Å². The molecule has 0 bridgehead atoms. The number of nitrogens with zero attached hydrogens (tertiary/aromatic N) is 2. The molecule has 0 aliphatic carbocycles. The molecule has 1 aliphatic heterocycles. The summed E-state index contributed by atoms with van der Waals surface area (Å²) in [5, 5.41) is 11.3. The van der Waals surface area contributed by atoms with Gasteiger partial charge in [0, 0.05) is 13.5 Å². The molecule has 1 aromatic heterocycles. The number of imide groups is 1. The van der Waals surface area contributed by atoms with E-state index in [0.717, 1.165) is 0 Å². The summed E-state index contributed by atoms with van der Waals surface area (Å²) in [7, 11) is 1.51. The number of carboxylic acid groups (broad SMARTS) is 1. The molecule has 22 heavy (non-hydrogen) atoms. The SMILES string of the molecule is Cn1c(=O)n(C2CCC(=O)NC2=O)c2ccc(C(=O)O)cc21. The van der Waals surface area contributed by atoms with Crippen LogP contribution in [-0.2, 0) is 16.6 Å². The maximum absolute atomic E-state index is 12.4. The molecule has 1 saturated heterocycles. The van der Waals surface area contributed by atoms with Crippen LogP contribution >= 0.6 is 0 Å². The number of aryl methyl sites for hydroxylation is 1. The van der Waals surface area contributed by atoms with Gasteiger partial charge in [-0.15, -0.1) is 0 Å². The lowest BCUT2D eigenvalue weighted by atomic mass is 10.1. The summed E-state index contributed by atoms with van der Waals surface area (Å²) < 4.78 is 2.61. The van der Waals surface area contributed by atoms with Crippen LogP contribution in [0.3, 0.4) is 0 Å². The van der Waals surface area contributed by atoms with Gasteiger partial charge in [-0.2, -0.15) is 0 Å². The lowest BCUT2D eigenvalue weighted by Gasteiger charge is -2.21. The quantitative estimate of drug-likeness (QED) is 0.760. The lowest BCUT2D eigenvalue weighted by molar-refractivity contribution is -0.135. The summed E-state index contributed by atoms with van der Waals surface area (Å²) in [5.74, 6) is -1.97. The highest BCUT2D eigenvalue weighted by atomic mass is 16.4. The van der Waals surface area contributed by atoms with Gasteiger partial charge in [-0.05, 0) is 24.6 Å². The molecule has 0 saturated carbocycles. The summed E-state index contributed by atoms with van der Waals surface area (Å²) in [6, 6.07) is 3.50. The zero-order valence-electron chi connectivity index (χ0n) is 11.7. The molecule has 1 unspecified atom stereocenters. The molecule has 1 aliphatic rings. The minimum Gasteiger partial charge on any atom is -0.478 e. The van der Waals surface area contributed by atoms with Gasteiger partial charge in [0.05, 0.1) is 16.6 Å². The van der Waals surface area contributed by atoms with Crippen molar-refractivity contribution in [3.63, 3.8) is 0 Å². The molecular weight excluding hydrogens is 290 g/mol. The second-order valence-electron chi connectivity index (χ2n) is 5.19. The number of amides is 2. The molecule has 2 amide bonds. The molecule has 1 fully saturated rings. The Morgan fingerprint density at radius 3 is 2.64 bits per heavy atom. The fraction of sp³-hybridized carbons (Fsp3) is 0.286. The van der Waals surface area contributed by atoms with Crippen LogP contribution < -0.4 is 11.0 Å². The van der Waals surface area contributed by atoms with Crippen molar-refractivity contribution in [3.8, 4) is 0 Å². The first kappa shape index (κ1) is 14.1. The van der Waals surface area contributed by atoms with E-state index in [2.05, 4.69) is 5.32 Å². The fourth-order valence-corrected chi connectivity index (χ4v) is 2.73. The largest absolute Gasteiger partial charge is 0.478 e. The summed E-state index contributed by atoms with van der Waals surface area (Å²) in [5.41, 5.74) is 0.525. The third-order valence-electron chi connectivity index (χ3n) is 3.86. The average Bonchev–Trinajstić information content (AvgIpc) is 2.71. The van der Waals surface area contributed by atoms with E-state index >= 15 is 0 Å². The third kappa shape index (κ3) is 2.00. The number of aromatic nitrogens is 2. The summed E-state index contributed by atoms with van der Waals surface area (Å²) >= 11 is 0. The Balaban J connectivity index is 2.20. The summed E-state index contributed by atoms with van der Waals surface area (Å²) in [4.78, 5) is 46.7. The van der Waals surface area contributed by atoms with Crippen LogP contribution in [0.15, 0.2) is 23.0 Å². The standard InChI is InChI=1S/C14H13N3O5/c1-16-10-6-7(13(20)21)2-3-8(10)17(14(16)22)9-4-5-11(18)15-12(9)19/h2-3,6,9H,4-5H2,1H3,(H,20,21)(H,15,18,19). The number of carboxylic acids is 1. The molecule has 0 spiro atoms. The molecule has 8 heteroatoms. The molecule has 114 valence electrons. The topological polar surface area (TPSA) is 110 Å². The molecule has 3 rings (SSSR count). The fourth-order valence-electron chi connectivity index (χ4n) is 2.73. The van der Waals surface area contributed by atoms with Crippen molar-refractivity contribution in [2.75, 3.05) is 0 Å². The number of fused-ring (bicyclic) bond motifs is 1. The van der Waals surface area contributed by atoms with Gasteiger partial charge in [0.1, 0.15) is 6.04 Å². The van der Waals surface area contributed by atoms with Crippen LogP contribution in [0.5, 0.6) is 0 Å². The predicted octanol–water partition coefficient (Wildman–Crippen LogP) is 0.0159.